The zero-order valence-corrected chi connectivity index (χ0v) is 41.4. The highest BCUT2D eigenvalue weighted by atomic mass is 127. The van der Waals surface area contributed by atoms with Crippen molar-refractivity contribution in [2.45, 2.75) is 76.5 Å². The van der Waals surface area contributed by atoms with Crippen LogP contribution in [-0.4, -0.2) is 26.4 Å². The van der Waals surface area contributed by atoms with Crippen LogP contribution in [0.2, 0.25) is 0 Å². The fourth-order valence-corrected chi connectivity index (χ4v) is 11.6. The summed E-state index contributed by atoms with van der Waals surface area (Å²) in [5, 5.41) is 0. The van der Waals surface area contributed by atoms with E-state index < -0.39 is 0 Å². The van der Waals surface area contributed by atoms with Gasteiger partial charge >= 0.3 is 0 Å². The highest BCUT2D eigenvalue weighted by Crippen LogP contribution is 2.47. The number of fused-ring (bicyclic) bond motifs is 16. The molecule has 4 aromatic rings. The van der Waals surface area contributed by atoms with Gasteiger partial charge in [-0.3, -0.25) is 0 Å². The van der Waals surface area contributed by atoms with Crippen LogP contribution in [0.3, 0.4) is 0 Å². The SMILES string of the molecule is IC1=C2CCCO[C@H]3OC(=C(I)c4ccccc43)CCCO[C@H](O2)c2ccccc21.IC1=C2CCCO[C@H]3OC(=C(I)c4ccccc43)CCCO[C@H](O2)c2ccccc21. The van der Waals surface area contributed by atoms with Crippen LogP contribution < -0.4 is 0 Å². The Morgan fingerprint density at radius 1 is 0.317 bits per heavy atom. The van der Waals surface area contributed by atoms with E-state index in [1.807, 2.05) is 24.3 Å². The van der Waals surface area contributed by atoms with Crippen molar-refractivity contribution in [2.24, 2.45) is 0 Å². The molecule has 2 saturated heterocycles. The van der Waals surface area contributed by atoms with E-state index in [0.29, 0.717) is 26.4 Å². The molecule has 0 N–H and O–H groups in total. The largest absolute Gasteiger partial charge is 0.464 e. The molecule has 0 aromatic heterocycles. The topological polar surface area (TPSA) is 73.8 Å². The summed E-state index contributed by atoms with van der Waals surface area (Å²) in [5.41, 5.74) is 9.26. The summed E-state index contributed by atoms with van der Waals surface area (Å²) in [6.45, 7) is 2.42. The molecule has 6 heterocycles. The van der Waals surface area contributed by atoms with Gasteiger partial charge in [-0.1, -0.05) is 97.1 Å². The molecular weight excluding hydrogens is 1210 g/mol. The van der Waals surface area contributed by atoms with Crippen molar-refractivity contribution in [3.05, 3.63) is 165 Å². The van der Waals surface area contributed by atoms with Crippen LogP contribution in [-0.2, 0) is 37.9 Å². The van der Waals surface area contributed by atoms with Crippen molar-refractivity contribution in [2.75, 3.05) is 26.4 Å². The summed E-state index contributed by atoms with van der Waals surface area (Å²) < 4.78 is 54.6. The summed E-state index contributed by atoms with van der Waals surface area (Å²) in [5.74, 6) is 3.94. The van der Waals surface area contributed by atoms with Gasteiger partial charge in [-0.2, -0.15) is 0 Å². The molecule has 0 aliphatic carbocycles. The van der Waals surface area contributed by atoms with E-state index in [0.717, 1.165) is 111 Å². The zero-order chi connectivity index (χ0) is 41.0. The molecule has 6 aliphatic heterocycles. The molecule has 8 bridgehead atoms. The third-order valence-corrected chi connectivity index (χ3v) is 15.8. The quantitative estimate of drug-likeness (QED) is 0.161. The number of halogens is 4. The monoisotopic (exact) mass is 1260 g/mol. The van der Waals surface area contributed by atoms with Gasteiger partial charge in [-0.05, 0) is 116 Å². The Morgan fingerprint density at radius 3 is 0.767 bits per heavy atom. The van der Waals surface area contributed by atoms with Crippen molar-refractivity contribution < 1.29 is 37.9 Å². The van der Waals surface area contributed by atoms with Gasteiger partial charge in [-0.25, -0.2) is 0 Å². The Hall–Kier alpha value is -2.20. The van der Waals surface area contributed by atoms with Crippen LogP contribution in [0.5, 0.6) is 0 Å². The number of hydrogen-bond donors (Lipinski definition) is 0. The predicted octanol–water partition coefficient (Wildman–Crippen LogP) is 14.5. The molecule has 2 fully saturated rings. The third-order valence-electron chi connectivity index (χ3n) is 11.1. The molecule has 10 rings (SSSR count). The van der Waals surface area contributed by atoms with Gasteiger partial charge in [0.05, 0.1) is 40.7 Å². The summed E-state index contributed by atoms with van der Waals surface area (Å²) in [6.07, 6.45) is 5.23. The fourth-order valence-electron chi connectivity index (χ4n) is 8.05. The standard InChI is InChI=1S/2C24H22I2O4/c2*25-21-15-7-1-3-9-17(15)23-27-13-6-12-20-22(26)16-8-2-4-10-18(16)24(30-20)28-14-5-11-19(21)29-23/h2*1-4,7-10,23-24H,5-6,11-14H2/t2*23-,24+. The smallest absolute Gasteiger partial charge is 0.226 e. The lowest BCUT2D eigenvalue weighted by Crippen LogP contribution is -2.19. The molecule has 0 unspecified atom stereocenters. The minimum atomic E-state index is -0.354. The van der Waals surface area contributed by atoms with Gasteiger partial charge in [0.2, 0.25) is 25.2 Å². The molecule has 60 heavy (non-hydrogen) atoms. The minimum Gasteiger partial charge on any atom is -0.464 e. The van der Waals surface area contributed by atoms with Gasteiger partial charge in [-0.15, -0.1) is 0 Å². The Bertz CT molecular complexity index is 2030. The predicted molar refractivity (Wildman–Crippen MR) is 266 cm³/mol. The lowest BCUT2D eigenvalue weighted by molar-refractivity contribution is -0.138. The zero-order valence-electron chi connectivity index (χ0n) is 32.8. The van der Waals surface area contributed by atoms with Crippen molar-refractivity contribution in [3.63, 3.8) is 0 Å². The van der Waals surface area contributed by atoms with Crippen LogP contribution in [0.25, 0.3) is 14.3 Å². The van der Waals surface area contributed by atoms with Crippen LogP contribution in [0.1, 0.15) is 121 Å². The first-order valence-corrected chi connectivity index (χ1v) is 24.8. The van der Waals surface area contributed by atoms with Gasteiger partial charge in [0.25, 0.3) is 0 Å². The van der Waals surface area contributed by atoms with Gasteiger partial charge in [0.15, 0.2) is 0 Å². The summed E-state index contributed by atoms with van der Waals surface area (Å²) in [7, 11) is 0. The van der Waals surface area contributed by atoms with E-state index in [4.69, 9.17) is 37.9 Å². The van der Waals surface area contributed by atoms with E-state index >= 15 is 0 Å². The first kappa shape index (κ1) is 43.1. The molecule has 0 amide bonds. The number of hydrogen-bond acceptors (Lipinski definition) is 8. The van der Waals surface area contributed by atoms with Gasteiger partial charge < -0.3 is 37.9 Å². The Balaban J connectivity index is 0.000000154. The maximum atomic E-state index is 6.29. The fraction of sp³-hybridized carbons (Fsp3) is 0.333. The van der Waals surface area contributed by atoms with E-state index in [9.17, 15) is 0 Å². The van der Waals surface area contributed by atoms with Crippen molar-refractivity contribution in [1.29, 1.82) is 0 Å². The second kappa shape index (κ2) is 20.1. The number of allylic oxidation sites excluding steroid dienone is 4. The molecule has 4 atom stereocenters. The first-order chi connectivity index (χ1) is 29.4. The van der Waals surface area contributed by atoms with Crippen LogP contribution in [0.15, 0.2) is 120 Å². The van der Waals surface area contributed by atoms with Crippen molar-refractivity contribution >= 4 is 105 Å². The second-order valence-corrected chi connectivity index (χ2v) is 19.3. The average molecular weight is 1260 g/mol. The average Bonchev–Trinajstić information content (AvgIpc) is 3.28. The highest BCUT2D eigenvalue weighted by Gasteiger charge is 2.32. The summed E-state index contributed by atoms with van der Waals surface area (Å²) in [6, 6.07) is 33.4. The van der Waals surface area contributed by atoms with E-state index in [2.05, 4.69) is 163 Å². The minimum absolute atomic E-state index is 0.354. The highest BCUT2D eigenvalue weighted by molar-refractivity contribution is 14.1. The van der Waals surface area contributed by atoms with E-state index in [1.165, 1.54) is 22.3 Å². The summed E-state index contributed by atoms with van der Waals surface area (Å²) in [4.78, 5) is 0. The lowest BCUT2D eigenvalue weighted by atomic mass is 10.0. The number of benzene rings is 4. The van der Waals surface area contributed by atoms with Crippen LogP contribution >= 0.6 is 90.4 Å². The van der Waals surface area contributed by atoms with Crippen LogP contribution in [0, 0.1) is 0 Å². The van der Waals surface area contributed by atoms with E-state index in [-0.39, 0.29) is 25.2 Å². The first-order valence-electron chi connectivity index (χ1n) is 20.5. The van der Waals surface area contributed by atoms with Crippen LogP contribution in [0.4, 0.5) is 0 Å². The van der Waals surface area contributed by atoms with Crippen molar-refractivity contribution in [3.8, 4) is 0 Å². The van der Waals surface area contributed by atoms with Gasteiger partial charge in [0, 0.05) is 70.2 Å². The Kier molecular flexibility index (Phi) is 14.4. The molecule has 0 radical (unpaired) electrons. The Morgan fingerprint density at radius 2 is 0.533 bits per heavy atom. The third kappa shape index (κ3) is 9.36. The lowest BCUT2D eigenvalue weighted by Gasteiger charge is -2.31. The molecule has 12 heteroatoms. The molecule has 0 saturated carbocycles. The normalized spacial score (nSPS) is 24.2. The maximum Gasteiger partial charge on any atom is 0.226 e. The van der Waals surface area contributed by atoms with E-state index in [1.54, 1.807) is 0 Å². The molecule has 4 aromatic carbocycles. The molecule has 0 spiro atoms. The van der Waals surface area contributed by atoms with Crippen molar-refractivity contribution in [1.82, 2.24) is 0 Å². The second-order valence-electron chi connectivity index (χ2n) is 15.0. The number of rotatable bonds is 0. The molecule has 312 valence electrons. The van der Waals surface area contributed by atoms with Gasteiger partial charge in [0.1, 0.15) is 23.0 Å². The number of ether oxygens (including phenoxy) is 8. The summed E-state index contributed by atoms with van der Waals surface area (Å²) >= 11 is 9.56. The maximum absolute atomic E-state index is 6.29. The molecule has 6 aliphatic rings. The Labute approximate surface area is 406 Å². The molecule has 8 nitrogen and oxygen atoms in total. The molecular formula is C48H44I4O8.